The third-order valence-electron chi connectivity index (χ3n) is 4.76. The number of thiol groups is 1. The van der Waals surface area contributed by atoms with E-state index in [1.807, 2.05) is 0 Å². The normalized spacial score (nSPS) is 17.0. The summed E-state index contributed by atoms with van der Waals surface area (Å²) >= 11 is 9.66. The van der Waals surface area contributed by atoms with Crippen LogP contribution in [-0.4, -0.2) is 22.0 Å². The Bertz CT molecular complexity index is 1080. The van der Waals surface area contributed by atoms with Gasteiger partial charge >= 0.3 is 6.18 Å². The summed E-state index contributed by atoms with van der Waals surface area (Å²) in [5.41, 5.74) is -2.59. The predicted molar refractivity (Wildman–Crippen MR) is 118 cm³/mol. The third-order valence-corrected chi connectivity index (χ3v) is 5.23. The predicted octanol–water partition coefficient (Wildman–Crippen LogP) is 5.15. The van der Waals surface area contributed by atoms with Gasteiger partial charge in [-0.1, -0.05) is 0 Å². The summed E-state index contributed by atoms with van der Waals surface area (Å²) in [6.45, 7) is 5.03. The Morgan fingerprint density at radius 2 is 1.74 bits per heavy atom. The van der Waals surface area contributed by atoms with Gasteiger partial charge in [-0.25, -0.2) is 0 Å². The quantitative estimate of drug-likeness (QED) is 0.385. The molecule has 0 N–H and O–H groups in total. The number of nitriles is 1. The molecule has 1 unspecified atom stereocenters. The standard InChI is InChI=1S/C21H18F3N3O2S2/c1-12(30)29-16-8-6-14(7-9-16)27-19(31)26(18(28)20(27,2)3)15-5-4-13(11-25)17(10-15)21(22,23)24/h4-10,12,30H,1-3H3. The largest absolute Gasteiger partial charge is 0.480 e. The molecule has 2 aromatic rings. The fraction of sp³-hybridized carbons (Fsp3) is 0.286. The number of amides is 1. The molecule has 0 radical (unpaired) electrons. The summed E-state index contributed by atoms with van der Waals surface area (Å²) < 4.78 is 45.7. The van der Waals surface area contributed by atoms with E-state index < -0.39 is 28.7 Å². The van der Waals surface area contributed by atoms with Crippen molar-refractivity contribution in [1.29, 1.82) is 5.26 Å². The first-order chi connectivity index (χ1) is 14.4. The zero-order chi connectivity index (χ0) is 23.1. The number of nitrogens with zero attached hydrogens (tertiary/aromatic N) is 3. The number of carbonyl (C=O) groups excluding carboxylic acids is 1. The lowest BCUT2D eigenvalue weighted by molar-refractivity contribution is -0.137. The van der Waals surface area contributed by atoms with E-state index in [1.165, 1.54) is 12.1 Å². The molecule has 1 fully saturated rings. The van der Waals surface area contributed by atoms with Gasteiger partial charge in [-0.05, 0) is 75.5 Å². The van der Waals surface area contributed by atoms with Crippen molar-refractivity contribution in [3.8, 4) is 11.8 Å². The minimum Gasteiger partial charge on any atom is -0.480 e. The van der Waals surface area contributed by atoms with Gasteiger partial charge in [-0.15, -0.1) is 12.6 Å². The van der Waals surface area contributed by atoms with Crippen molar-refractivity contribution in [2.45, 2.75) is 37.9 Å². The summed E-state index contributed by atoms with van der Waals surface area (Å²) in [5.74, 6) is 0.0823. The molecular formula is C21H18F3N3O2S2. The van der Waals surface area contributed by atoms with E-state index in [4.69, 9.17) is 22.2 Å². The number of hydrogen-bond acceptors (Lipinski definition) is 5. The lowest BCUT2D eigenvalue weighted by atomic mass is 10.0. The van der Waals surface area contributed by atoms with Crippen molar-refractivity contribution in [2.24, 2.45) is 0 Å². The molecule has 1 aliphatic rings. The number of hydrogen-bond donors (Lipinski definition) is 1. The number of thiocarbonyl (C=S) groups is 1. The lowest BCUT2D eigenvalue weighted by Crippen LogP contribution is -2.44. The van der Waals surface area contributed by atoms with Gasteiger partial charge in [0.25, 0.3) is 5.91 Å². The molecule has 0 spiro atoms. The highest BCUT2D eigenvalue weighted by molar-refractivity contribution is 7.81. The third kappa shape index (κ3) is 4.20. The first-order valence-electron chi connectivity index (χ1n) is 9.13. The molecule has 1 atom stereocenters. The number of carbonyl (C=O) groups is 1. The van der Waals surface area contributed by atoms with Crippen molar-refractivity contribution in [3.63, 3.8) is 0 Å². The van der Waals surface area contributed by atoms with Gasteiger partial charge in [-0.3, -0.25) is 9.69 Å². The molecule has 1 aliphatic heterocycles. The van der Waals surface area contributed by atoms with Crippen LogP contribution in [0.4, 0.5) is 24.5 Å². The molecule has 2 aromatic carbocycles. The van der Waals surface area contributed by atoms with Crippen LogP contribution in [0.25, 0.3) is 0 Å². The first kappa shape index (κ1) is 22.9. The van der Waals surface area contributed by atoms with E-state index in [2.05, 4.69) is 12.6 Å². The van der Waals surface area contributed by atoms with Gasteiger partial charge in [0.05, 0.1) is 22.9 Å². The van der Waals surface area contributed by atoms with E-state index in [9.17, 15) is 18.0 Å². The van der Waals surface area contributed by atoms with Crippen molar-refractivity contribution >= 4 is 47.2 Å². The fourth-order valence-electron chi connectivity index (χ4n) is 3.33. The summed E-state index contributed by atoms with van der Waals surface area (Å²) in [5, 5.41) is 9.04. The number of alkyl halides is 3. The molecule has 0 aliphatic carbocycles. The molecular weight excluding hydrogens is 447 g/mol. The summed E-state index contributed by atoms with van der Waals surface area (Å²) in [7, 11) is 0. The van der Waals surface area contributed by atoms with E-state index in [0.717, 1.165) is 17.0 Å². The Hall–Kier alpha value is -2.77. The highest BCUT2D eigenvalue weighted by Gasteiger charge is 2.50. The van der Waals surface area contributed by atoms with Crippen LogP contribution in [0.5, 0.6) is 5.75 Å². The first-order valence-corrected chi connectivity index (χ1v) is 10.0. The number of rotatable bonds is 4. The zero-order valence-electron chi connectivity index (χ0n) is 16.8. The maximum absolute atomic E-state index is 13.4. The second-order valence-electron chi connectivity index (χ2n) is 7.37. The van der Waals surface area contributed by atoms with Crippen molar-refractivity contribution in [2.75, 3.05) is 9.80 Å². The van der Waals surface area contributed by atoms with Gasteiger partial charge in [0.15, 0.2) is 5.11 Å². The Balaban J connectivity index is 2.03. The van der Waals surface area contributed by atoms with Gasteiger partial charge in [0.2, 0.25) is 0 Å². The van der Waals surface area contributed by atoms with Crippen LogP contribution in [0.15, 0.2) is 42.5 Å². The number of halogens is 3. The Labute approximate surface area is 188 Å². The van der Waals surface area contributed by atoms with Crippen LogP contribution in [0.3, 0.4) is 0 Å². The topological polar surface area (TPSA) is 56.6 Å². The van der Waals surface area contributed by atoms with Crippen molar-refractivity contribution in [1.82, 2.24) is 0 Å². The molecule has 1 saturated heterocycles. The van der Waals surface area contributed by atoms with Crippen molar-refractivity contribution < 1.29 is 22.7 Å². The monoisotopic (exact) mass is 465 g/mol. The second-order valence-corrected chi connectivity index (χ2v) is 8.46. The lowest BCUT2D eigenvalue weighted by Gasteiger charge is -2.29. The van der Waals surface area contributed by atoms with E-state index in [0.29, 0.717) is 11.4 Å². The average Bonchev–Trinajstić information content (AvgIpc) is 2.85. The molecule has 162 valence electrons. The fourth-order valence-corrected chi connectivity index (χ4v) is 3.97. The summed E-state index contributed by atoms with van der Waals surface area (Å²) in [4.78, 5) is 15.8. The minimum absolute atomic E-state index is 0.0315. The van der Waals surface area contributed by atoms with Crippen molar-refractivity contribution in [3.05, 3.63) is 53.6 Å². The molecule has 31 heavy (non-hydrogen) atoms. The molecule has 3 rings (SSSR count). The maximum Gasteiger partial charge on any atom is 0.417 e. The van der Waals surface area contributed by atoms with Gasteiger partial charge in [0, 0.05) is 5.69 Å². The van der Waals surface area contributed by atoms with Crippen LogP contribution >= 0.6 is 24.8 Å². The highest BCUT2D eigenvalue weighted by atomic mass is 32.1. The molecule has 0 saturated carbocycles. The van der Waals surface area contributed by atoms with Gasteiger partial charge in [0.1, 0.15) is 16.7 Å². The Morgan fingerprint density at radius 3 is 2.26 bits per heavy atom. The van der Waals surface area contributed by atoms with Gasteiger partial charge < -0.3 is 9.64 Å². The second kappa shape index (κ2) is 8.05. The Kier molecular flexibility index (Phi) is 5.95. The number of benzene rings is 2. The van der Waals surface area contributed by atoms with Crippen LogP contribution in [0, 0.1) is 11.3 Å². The molecule has 5 nitrogen and oxygen atoms in total. The van der Waals surface area contributed by atoms with Crippen LogP contribution in [-0.2, 0) is 11.0 Å². The highest BCUT2D eigenvalue weighted by Crippen LogP contribution is 2.39. The molecule has 10 heteroatoms. The number of anilines is 2. The average molecular weight is 466 g/mol. The van der Waals surface area contributed by atoms with Crippen LogP contribution in [0.1, 0.15) is 31.9 Å². The molecule has 0 aromatic heterocycles. The van der Waals surface area contributed by atoms with E-state index >= 15 is 0 Å². The van der Waals surface area contributed by atoms with E-state index in [1.54, 1.807) is 49.9 Å². The van der Waals surface area contributed by atoms with Crippen LogP contribution in [0.2, 0.25) is 0 Å². The minimum atomic E-state index is -4.75. The zero-order valence-corrected chi connectivity index (χ0v) is 18.5. The molecule has 1 amide bonds. The van der Waals surface area contributed by atoms with Crippen LogP contribution < -0.4 is 14.5 Å². The number of ether oxygens (including phenoxy) is 1. The van der Waals surface area contributed by atoms with E-state index in [-0.39, 0.29) is 16.2 Å². The maximum atomic E-state index is 13.4. The summed E-state index contributed by atoms with van der Waals surface area (Å²) in [6.07, 6.45) is -4.75. The molecule has 1 heterocycles. The Morgan fingerprint density at radius 1 is 1.16 bits per heavy atom. The summed E-state index contributed by atoms with van der Waals surface area (Å²) in [6, 6.07) is 11.4. The smallest absolute Gasteiger partial charge is 0.417 e. The molecule has 0 bridgehead atoms. The van der Waals surface area contributed by atoms with Gasteiger partial charge in [-0.2, -0.15) is 18.4 Å². The SMILES string of the molecule is CC(S)Oc1ccc(N2C(=S)N(c3ccc(C#N)c(C(F)(F)F)c3)C(=O)C2(C)C)cc1.